The Balaban J connectivity index is 1.68. The minimum Gasteiger partial charge on any atom is -0.361 e. The second-order valence-electron chi connectivity index (χ2n) is 6.38. The minimum absolute atomic E-state index is 0.0246. The van der Waals surface area contributed by atoms with E-state index < -0.39 is 6.17 Å². The Morgan fingerprint density at radius 1 is 1.54 bits per heavy atom. The van der Waals surface area contributed by atoms with Crippen molar-refractivity contribution >= 4 is 17.2 Å². The third-order valence-electron chi connectivity index (χ3n) is 4.49. The molecule has 2 atom stereocenters. The zero-order valence-electron chi connectivity index (χ0n) is 14.2. The SMILES string of the molecule is Cc1noc(C)c1C(=O)N(C)C[C@@H]1C[C@H](F)CN1Cc1cccs1. The predicted octanol–water partition coefficient (Wildman–Crippen LogP) is 3.04. The van der Waals surface area contributed by atoms with Gasteiger partial charge in [-0.2, -0.15) is 0 Å². The quantitative estimate of drug-likeness (QED) is 0.831. The number of halogens is 1. The molecule has 1 saturated heterocycles. The van der Waals surface area contributed by atoms with Gasteiger partial charge < -0.3 is 9.42 Å². The van der Waals surface area contributed by atoms with E-state index in [4.69, 9.17) is 4.52 Å². The fourth-order valence-electron chi connectivity index (χ4n) is 3.29. The topological polar surface area (TPSA) is 49.6 Å². The molecule has 2 aromatic rings. The molecule has 0 aromatic carbocycles. The van der Waals surface area contributed by atoms with E-state index in [1.807, 2.05) is 11.4 Å². The lowest BCUT2D eigenvalue weighted by atomic mass is 10.1. The summed E-state index contributed by atoms with van der Waals surface area (Å²) in [6.45, 7) is 5.14. The van der Waals surface area contributed by atoms with Crippen LogP contribution in [0.4, 0.5) is 4.39 Å². The molecule has 3 rings (SSSR count). The lowest BCUT2D eigenvalue weighted by Gasteiger charge is -2.28. The number of nitrogens with zero attached hydrogens (tertiary/aromatic N) is 3. The molecule has 2 aromatic heterocycles. The third-order valence-corrected chi connectivity index (χ3v) is 5.36. The zero-order valence-corrected chi connectivity index (χ0v) is 15.0. The van der Waals surface area contributed by atoms with Gasteiger partial charge in [0, 0.05) is 37.6 Å². The van der Waals surface area contributed by atoms with E-state index in [1.54, 1.807) is 37.1 Å². The number of aromatic nitrogens is 1. The molecule has 1 aliphatic heterocycles. The van der Waals surface area contributed by atoms with Crippen molar-refractivity contribution in [2.75, 3.05) is 20.1 Å². The van der Waals surface area contributed by atoms with E-state index in [1.165, 1.54) is 4.88 Å². The van der Waals surface area contributed by atoms with Crippen LogP contribution in [0.2, 0.25) is 0 Å². The third kappa shape index (κ3) is 3.52. The number of thiophene rings is 1. The summed E-state index contributed by atoms with van der Waals surface area (Å²) in [5, 5.41) is 5.87. The maximum absolute atomic E-state index is 13.9. The van der Waals surface area contributed by atoms with E-state index in [0.717, 1.165) is 6.54 Å². The summed E-state index contributed by atoms with van der Waals surface area (Å²) in [5.74, 6) is 0.402. The maximum atomic E-state index is 13.9. The number of likely N-dealkylation sites (tertiary alicyclic amines) is 1. The number of hydrogen-bond donors (Lipinski definition) is 0. The molecule has 130 valence electrons. The average molecular weight is 351 g/mol. The number of carbonyl (C=O) groups is 1. The molecule has 0 aliphatic carbocycles. The van der Waals surface area contributed by atoms with Crippen LogP contribution >= 0.6 is 11.3 Å². The number of aryl methyl sites for hydroxylation is 2. The van der Waals surface area contributed by atoms with Crippen LogP contribution in [0.3, 0.4) is 0 Å². The fraction of sp³-hybridized carbons (Fsp3) is 0.529. The summed E-state index contributed by atoms with van der Waals surface area (Å²) in [6.07, 6.45) is -0.373. The van der Waals surface area contributed by atoms with Gasteiger partial charge in [-0.1, -0.05) is 11.2 Å². The van der Waals surface area contributed by atoms with Gasteiger partial charge in [0.15, 0.2) is 0 Å². The molecule has 0 saturated carbocycles. The maximum Gasteiger partial charge on any atom is 0.259 e. The largest absolute Gasteiger partial charge is 0.361 e. The molecular formula is C17H22FN3O2S. The van der Waals surface area contributed by atoms with Crippen molar-refractivity contribution in [3.05, 3.63) is 39.4 Å². The molecule has 0 bridgehead atoms. The van der Waals surface area contributed by atoms with Gasteiger partial charge in [-0.05, 0) is 31.7 Å². The summed E-state index contributed by atoms with van der Waals surface area (Å²) < 4.78 is 19.0. The van der Waals surface area contributed by atoms with Crippen LogP contribution in [0.1, 0.15) is 33.1 Å². The first-order valence-corrected chi connectivity index (χ1v) is 8.92. The molecule has 0 spiro atoms. The molecule has 0 radical (unpaired) electrons. The lowest BCUT2D eigenvalue weighted by molar-refractivity contribution is 0.0747. The highest BCUT2D eigenvalue weighted by atomic mass is 32.1. The van der Waals surface area contributed by atoms with E-state index in [0.29, 0.717) is 36.5 Å². The summed E-state index contributed by atoms with van der Waals surface area (Å²) in [7, 11) is 1.75. The monoisotopic (exact) mass is 351 g/mol. The smallest absolute Gasteiger partial charge is 0.259 e. The van der Waals surface area contributed by atoms with Crippen LogP contribution in [0.25, 0.3) is 0 Å². The average Bonchev–Trinajstić information content (AvgIpc) is 3.22. The number of alkyl halides is 1. The van der Waals surface area contributed by atoms with E-state index >= 15 is 0 Å². The number of rotatable bonds is 5. The van der Waals surface area contributed by atoms with Gasteiger partial charge >= 0.3 is 0 Å². The van der Waals surface area contributed by atoms with Gasteiger partial charge in [0.2, 0.25) is 0 Å². The van der Waals surface area contributed by atoms with Crippen LogP contribution in [0.5, 0.6) is 0 Å². The van der Waals surface area contributed by atoms with Crippen LogP contribution in [0, 0.1) is 13.8 Å². The van der Waals surface area contributed by atoms with Crippen molar-refractivity contribution in [3.63, 3.8) is 0 Å². The molecule has 0 unspecified atom stereocenters. The van der Waals surface area contributed by atoms with Gasteiger partial charge in [-0.15, -0.1) is 11.3 Å². The first-order valence-electron chi connectivity index (χ1n) is 8.04. The number of amides is 1. The minimum atomic E-state index is -0.836. The van der Waals surface area contributed by atoms with Crippen molar-refractivity contribution in [3.8, 4) is 0 Å². The summed E-state index contributed by atoms with van der Waals surface area (Å²) >= 11 is 1.67. The van der Waals surface area contributed by atoms with Gasteiger partial charge in [-0.3, -0.25) is 9.69 Å². The molecule has 3 heterocycles. The molecule has 0 N–H and O–H groups in total. The second-order valence-corrected chi connectivity index (χ2v) is 7.41. The van der Waals surface area contributed by atoms with Crippen molar-refractivity contribution in [2.24, 2.45) is 0 Å². The van der Waals surface area contributed by atoms with Crippen LogP contribution in [0.15, 0.2) is 22.0 Å². The first-order chi connectivity index (χ1) is 11.5. The highest BCUT2D eigenvalue weighted by molar-refractivity contribution is 7.09. The number of carbonyl (C=O) groups excluding carboxylic acids is 1. The number of hydrogen-bond acceptors (Lipinski definition) is 5. The molecule has 24 heavy (non-hydrogen) atoms. The van der Waals surface area contributed by atoms with Gasteiger partial charge in [0.1, 0.15) is 17.5 Å². The molecule has 1 aliphatic rings. The molecular weight excluding hydrogens is 329 g/mol. The van der Waals surface area contributed by atoms with Crippen molar-refractivity contribution in [1.82, 2.24) is 15.0 Å². The molecule has 1 fully saturated rings. The van der Waals surface area contributed by atoms with Crippen molar-refractivity contribution in [1.29, 1.82) is 0 Å². The standard InChI is InChI=1S/C17H22FN3O2S/c1-11-16(12(2)23-19-11)17(22)20(3)9-14-7-13(18)8-21(14)10-15-5-4-6-24-15/h4-6,13-14H,7-10H2,1-3H3/t13-,14-/m0/s1. The number of likely N-dealkylation sites (N-methyl/N-ethyl adjacent to an activating group) is 1. The van der Waals surface area contributed by atoms with Crippen molar-refractivity contribution in [2.45, 2.75) is 39.0 Å². The summed E-state index contributed by atoms with van der Waals surface area (Å²) in [4.78, 5) is 17.7. The van der Waals surface area contributed by atoms with Gasteiger partial charge in [0.25, 0.3) is 5.91 Å². The van der Waals surface area contributed by atoms with Crippen LogP contribution in [-0.4, -0.2) is 53.2 Å². The Morgan fingerprint density at radius 2 is 2.33 bits per heavy atom. The second kappa shape index (κ2) is 7.03. The summed E-state index contributed by atoms with van der Waals surface area (Å²) in [5.41, 5.74) is 1.10. The fourth-order valence-corrected chi connectivity index (χ4v) is 4.02. The van der Waals surface area contributed by atoms with E-state index in [2.05, 4.69) is 16.1 Å². The van der Waals surface area contributed by atoms with Gasteiger partial charge in [-0.25, -0.2) is 4.39 Å². The Morgan fingerprint density at radius 3 is 2.96 bits per heavy atom. The highest BCUT2D eigenvalue weighted by Gasteiger charge is 2.34. The molecule has 7 heteroatoms. The lowest BCUT2D eigenvalue weighted by Crippen LogP contribution is -2.41. The Bertz CT molecular complexity index is 681. The highest BCUT2D eigenvalue weighted by Crippen LogP contribution is 2.25. The normalized spacial score (nSPS) is 21.3. The van der Waals surface area contributed by atoms with Crippen LogP contribution in [-0.2, 0) is 6.54 Å². The molecule has 5 nitrogen and oxygen atoms in total. The Kier molecular flexibility index (Phi) is 5.01. The van der Waals surface area contributed by atoms with Crippen LogP contribution < -0.4 is 0 Å². The van der Waals surface area contributed by atoms with Gasteiger partial charge in [0.05, 0.1) is 5.69 Å². The Labute approximate surface area is 145 Å². The van der Waals surface area contributed by atoms with Crippen molar-refractivity contribution < 1.29 is 13.7 Å². The predicted molar refractivity (Wildman–Crippen MR) is 91.0 cm³/mol. The van der Waals surface area contributed by atoms with E-state index in [9.17, 15) is 9.18 Å². The zero-order chi connectivity index (χ0) is 17.3. The van der Waals surface area contributed by atoms with E-state index in [-0.39, 0.29) is 11.9 Å². The summed E-state index contributed by atoms with van der Waals surface area (Å²) in [6, 6.07) is 4.09. The Hall–Kier alpha value is -1.73. The first kappa shape index (κ1) is 17.1. The molecule has 1 amide bonds.